The van der Waals surface area contributed by atoms with Gasteiger partial charge < -0.3 is 10.0 Å². The fourth-order valence-corrected chi connectivity index (χ4v) is 3.30. The van der Waals surface area contributed by atoms with Crippen LogP contribution in [0.4, 0.5) is 11.5 Å². The molecule has 1 aromatic rings. The van der Waals surface area contributed by atoms with Crippen molar-refractivity contribution in [2.45, 2.75) is 31.4 Å². The van der Waals surface area contributed by atoms with Gasteiger partial charge in [-0.2, -0.15) is 0 Å². The summed E-state index contributed by atoms with van der Waals surface area (Å²) in [6.45, 7) is 3.49. The van der Waals surface area contributed by atoms with Crippen LogP contribution in [0, 0.1) is 10.1 Å². The van der Waals surface area contributed by atoms with Crippen molar-refractivity contribution in [2.75, 3.05) is 31.1 Å². The third-order valence-corrected chi connectivity index (χ3v) is 4.49. The van der Waals surface area contributed by atoms with Gasteiger partial charge in [0.05, 0.1) is 11.0 Å². The van der Waals surface area contributed by atoms with Crippen LogP contribution in [0.3, 0.4) is 0 Å². The number of aromatic nitrogens is 1. The average molecular weight is 292 g/mol. The standard InChI is InChI=1S/C14H20N4O3/c19-13-3-1-2-12(13)16-6-8-17(9-7-16)14-5-4-11(10-15-14)18(20)21/h4-5,10,12-13,19H,1-3,6-9H2. The van der Waals surface area contributed by atoms with Crippen molar-refractivity contribution in [1.82, 2.24) is 9.88 Å². The zero-order chi connectivity index (χ0) is 14.8. The monoisotopic (exact) mass is 292 g/mol. The van der Waals surface area contributed by atoms with E-state index in [1.54, 1.807) is 6.07 Å². The fraction of sp³-hybridized carbons (Fsp3) is 0.643. The van der Waals surface area contributed by atoms with E-state index in [9.17, 15) is 15.2 Å². The smallest absolute Gasteiger partial charge is 0.287 e. The second-order valence-electron chi connectivity index (χ2n) is 5.72. The number of pyridine rings is 1. The summed E-state index contributed by atoms with van der Waals surface area (Å²) < 4.78 is 0. The van der Waals surface area contributed by atoms with Gasteiger partial charge in [-0.25, -0.2) is 4.98 Å². The number of rotatable bonds is 3. The molecule has 1 saturated carbocycles. The number of hydrogen-bond donors (Lipinski definition) is 1. The molecule has 7 nitrogen and oxygen atoms in total. The highest BCUT2D eigenvalue weighted by Gasteiger charge is 2.32. The summed E-state index contributed by atoms with van der Waals surface area (Å²) in [5.74, 6) is 0.784. The third kappa shape index (κ3) is 2.98. The molecule has 3 rings (SSSR count). The fourth-order valence-electron chi connectivity index (χ4n) is 3.30. The van der Waals surface area contributed by atoms with E-state index >= 15 is 0 Å². The highest BCUT2D eigenvalue weighted by Crippen LogP contribution is 2.26. The molecule has 0 amide bonds. The molecule has 0 bridgehead atoms. The van der Waals surface area contributed by atoms with Crippen LogP contribution in [0.1, 0.15) is 19.3 Å². The third-order valence-electron chi connectivity index (χ3n) is 4.49. The van der Waals surface area contributed by atoms with Crippen LogP contribution in [0.15, 0.2) is 18.3 Å². The highest BCUT2D eigenvalue weighted by molar-refractivity contribution is 5.43. The first-order chi connectivity index (χ1) is 10.1. The van der Waals surface area contributed by atoms with Crippen molar-refractivity contribution in [3.05, 3.63) is 28.4 Å². The molecular formula is C14H20N4O3. The minimum absolute atomic E-state index is 0.0199. The van der Waals surface area contributed by atoms with E-state index in [1.807, 2.05) is 0 Å². The van der Waals surface area contributed by atoms with E-state index in [0.29, 0.717) is 6.04 Å². The minimum Gasteiger partial charge on any atom is -0.391 e. The minimum atomic E-state index is -0.434. The Kier molecular flexibility index (Phi) is 4.03. The second kappa shape index (κ2) is 5.95. The Balaban J connectivity index is 1.59. The molecule has 2 unspecified atom stereocenters. The van der Waals surface area contributed by atoms with Gasteiger partial charge in [0.1, 0.15) is 12.0 Å². The zero-order valence-electron chi connectivity index (χ0n) is 11.9. The molecule has 1 aromatic heterocycles. The molecular weight excluding hydrogens is 272 g/mol. The van der Waals surface area contributed by atoms with E-state index < -0.39 is 4.92 Å². The SMILES string of the molecule is O=[N+]([O-])c1ccc(N2CCN(C3CCCC3O)CC2)nc1. The van der Waals surface area contributed by atoms with Crippen molar-refractivity contribution in [1.29, 1.82) is 0 Å². The number of aliphatic hydroxyl groups is 1. The number of nitro groups is 1. The summed E-state index contributed by atoms with van der Waals surface area (Å²) in [6.07, 6.45) is 4.22. The largest absolute Gasteiger partial charge is 0.391 e. The Morgan fingerprint density at radius 1 is 1.24 bits per heavy atom. The van der Waals surface area contributed by atoms with E-state index in [0.717, 1.165) is 51.3 Å². The highest BCUT2D eigenvalue weighted by atomic mass is 16.6. The molecule has 21 heavy (non-hydrogen) atoms. The normalized spacial score (nSPS) is 27.0. The Labute approximate surface area is 123 Å². The summed E-state index contributed by atoms with van der Waals surface area (Å²) in [4.78, 5) is 18.9. The summed E-state index contributed by atoms with van der Waals surface area (Å²) in [7, 11) is 0. The molecule has 2 heterocycles. The van der Waals surface area contributed by atoms with Gasteiger partial charge in [-0.05, 0) is 25.3 Å². The van der Waals surface area contributed by atoms with E-state index in [-0.39, 0.29) is 11.8 Å². The van der Waals surface area contributed by atoms with Gasteiger partial charge in [-0.1, -0.05) is 0 Å². The Hall–Kier alpha value is -1.73. The lowest BCUT2D eigenvalue weighted by molar-refractivity contribution is -0.385. The Bertz CT molecular complexity index is 499. The molecule has 2 atom stereocenters. The van der Waals surface area contributed by atoms with Gasteiger partial charge in [0.25, 0.3) is 5.69 Å². The van der Waals surface area contributed by atoms with Gasteiger partial charge in [0.15, 0.2) is 0 Å². The summed E-state index contributed by atoms with van der Waals surface area (Å²) >= 11 is 0. The molecule has 1 N–H and O–H groups in total. The van der Waals surface area contributed by atoms with Crippen LogP contribution >= 0.6 is 0 Å². The first kappa shape index (κ1) is 14.2. The van der Waals surface area contributed by atoms with Crippen LogP contribution < -0.4 is 4.90 Å². The zero-order valence-corrected chi connectivity index (χ0v) is 11.9. The van der Waals surface area contributed by atoms with E-state index in [4.69, 9.17) is 0 Å². The second-order valence-corrected chi connectivity index (χ2v) is 5.72. The first-order valence-electron chi connectivity index (χ1n) is 7.42. The maximum Gasteiger partial charge on any atom is 0.287 e. The number of aliphatic hydroxyl groups excluding tert-OH is 1. The number of piperazine rings is 1. The van der Waals surface area contributed by atoms with Crippen molar-refractivity contribution >= 4 is 11.5 Å². The van der Waals surface area contributed by atoms with Crippen molar-refractivity contribution in [2.24, 2.45) is 0 Å². The number of anilines is 1. The lowest BCUT2D eigenvalue weighted by Gasteiger charge is -2.39. The molecule has 0 radical (unpaired) electrons. The Morgan fingerprint density at radius 2 is 2.00 bits per heavy atom. The molecule has 1 aliphatic carbocycles. The van der Waals surface area contributed by atoms with Gasteiger partial charge in [0, 0.05) is 38.3 Å². The van der Waals surface area contributed by atoms with Gasteiger partial charge in [-0.3, -0.25) is 15.0 Å². The average Bonchev–Trinajstić information content (AvgIpc) is 2.94. The van der Waals surface area contributed by atoms with Gasteiger partial charge >= 0.3 is 0 Å². The molecule has 114 valence electrons. The van der Waals surface area contributed by atoms with Crippen LogP contribution in [-0.4, -0.2) is 58.2 Å². The lowest BCUT2D eigenvalue weighted by atomic mass is 10.1. The number of nitrogens with zero attached hydrogens (tertiary/aromatic N) is 4. The summed E-state index contributed by atoms with van der Waals surface area (Å²) in [5.41, 5.74) is 0.0199. The van der Waals surface area contributed by atoms with E-state index in [1.165, 1.54) is 12.3 Å². The van der Waals surface area contributed by atoms with Crippen molar-refractivity contribution in [3.8, 4) is 0 Å². The molecule has 7 heteroatoms. The van der Waals surface area contributed by atoms with Crippen LogP contribution in [-0.2, 0) is 0 Å². The lowest BCUT2D eigenvalue weighted by Crippen LogP contribution is -2.52. The van der Waals surface area contributed by atoms with Crippen LogP contribution in [0.2, 0.25) is 0 Å². The first-order valence-corrected chi connectivity index (χ1v) is 7.42. The number of hydrogen-bond acceptors (Lipinski definition) is 6. The van der Waals surface area contributed by atoms with Gasteiger partial charge in [0.2, 0.25) is 0 Å². The topological polar surface area (TPSA) is 82.7 Å². The predicted molar refractivity (Wildman–Crippen MR) is 78.3 cm³/mol. The molecule has 0 aromatic carbocycles. The quantitative estimate of drug-likeness (QED) is 0.661. The maximum atomic E-state index is 10.6. The summed E-state index contributed by atoms with van der Waals surface area (Å²) in [5, 5.41) is 20.6. The summed E-state index contributed by atoms with van der Waals surface area (Å²) in [6, 6.07) is 3.50. The van der Waals surface area contributed by atoms with E-state index in [2.05, 4.69) is 14.8 Å². The van der Waals surface area contributed by atoms with Crippen LogP contribution in [0.5, 0.6) is 0 Å². The molecule has 1 saturated heterocycles. The van der Waals surface area contributed by atoms with Gasteiger partial charge in [-0.15, -0.1) is 0 Å². The van der Waals surface area contributed by atoms with Crippen molar-refractivity contribution < 1.29 is 10.0 Å². The molecule has 1 aliphatic heterocycles. The van der Waals surface area contributed by atoms with Crippen LogP contribution in [0.25, 0.3) is 0 Å². The van der Waals surface area contributed by atoms with Crippen molar-refractivity contribution in [3.63, 3.8) is 0 Å². The molecule has 2 fully saturated rings. The molecule has 0 spiro atoms. The maximum absolute atomic E-state index is 10.6. The Morgan fingerprint density at radius 3 is 2.52 bits per heavy atom. The molecule has 2 aliphatic rings. The predicted octanol–water partition coefficient (Wildman–Crippen LogP) is 1.03.